The maximum atomic E-state index is 17.5. The Morgan fingerprint density at radius 2 is 1.93 bits per heavy atom. The van der Waals surface area contributed by atoms with E-state index in [1.54, 1.807) is 25.1 Å². The fourth-order valence-corrected chi connectivity index (χ4v) is 9.43. The first-order chi connectivity index (χ1) is 21.3. The molecule has 0 bridgehead atoms. The maximum Gasteiger partial charge on any atom is 0.193 e. The van der Waals surface area contributed by atoms with E-state index in [1.807, 2.05) is 6.07 Å². The maximum absolute atomic E-state index is 17.5. The summed E-state index contributed by atoms with van der Waals surface area (Å²) in [6.07, 6.45) is 0.0555. The standard InChI is InChI=1S/C34H37F2NO8/c1-31-6-5-20(40)10-24(31)25(35)11-23-22-12-29-34(28(42)15-39,32(22,2)13-27(41)33(23,31)36)45-30(44-29)19-9-21(43-16-19)7-17-3-4-18(14-38)26(37)8-17/h3-6,8-10,16,22-23,25,27,29-30,38-39,41H,7,11-15,37H2,1-2H3/t22-,23-,25-,27-,29+,30+,31-,32-,33-,34+/m0/s1. The van der Waals surface area contributed by atoms with Gasteiger partial charge in [0.15, 0.2) is 29.1 Å². The smallest absolute Gasteiger partial charge is 0.193 e. The molecule has 0 unspecified atom stereocenters. The van der Waals surface area contributed by atoms with Crippen LogP contribution in [-0.4, -0.2) is 63.1 Å². The Hall–Kier alpha value is -3.22. The number of halogens is 2. The zero-order valence-electron chi connectivity index (χ0n) is 25.0. The van der Waals surface area contributed by atoms with E-state index in [-0.39, 0.29) is 31.4 Å². The number of alkyl halides is 2. The molecule has 1 aromatic carbocycles. The Morgan fingerprint density at radius 3 is 2.64 bits per heavy atom. The number of Topliss-reactive ketones (excluding diaryl/α,β-unsaturated/α-hetero) is 1. The lowest BCUT2D eigenvalue weighted by molar-refractivity contribution is -0.235. The highest BCUT2D eigenvalue weighted by Gasteiger charge is 2.80. The molecule has 4 fully saturated rings. The van der Waals surface area contributed by atoms with E-state index in [0.29, 0.717) is 29.0 Å². The molecule has 2 heterocycles. The molecule has 1 aliphatic heterocycles. The highest BCUT2D eigenvalue weighted by molar-refractivity contribution is 6.01. The first-order valence-electron chi connectivity index (χ1n) is 15.3. The summed E-state index contributed by atoms with van der Waals surface area (Å²) in [6.45, 7) is 2.23. The lowest BCUT2D eigenvalue weighted by Crippen LogP contribution is -2.70. The monoisotopic (exact) mass is 625 g/mol. The van der Waals surface area contributed by atoms with E-state index in [9.17, 15) is 24.9 Å². The molecule has 240 valence electrons. The van der Waals surface area contributed by atoms with Crippen LogP contribution in [0.5, 0.6) is 0 Å². The van der Waals surface area contributed by atoms with Gasteiger partial charge in [-0.05, 0) is 67.5 Å². The molecule has 0 amide bonds. The lowest BCUT2D eigenvalue weighted by Gasteiger charge is -2.63. The van der Waals surface area contributed by atoms with E-state index >= 15 is 8.78 Å². The zero-order chi connectivity index (χ0) is 32.1. The van der Waals surface area contributed by atoms with Crippen molar-refractivity contribution in [3.63, 3.8) is 0 Å². The Labute approximate surface area is 258 Å². The second kappa shape index (κ2) is 10.1. The summed E-state index contributed by atoms with van der Waals surface area (Å²) in [5.74, 6) is -2.17. The Balaban J connectivity index is 1.20. The molecular formula is C34H37F2NO8. The molecule has 11 heteroatoms. The van der Waals surface area contributed by atoms with Crippen LogP contribution in [-0.2, 0) is 32.1 Å². The van der Waals surface area contributed by atoms with Crippen LogP contribution in [0.2, 0.25) is 0 Å². The molecule has 3 saturated carbocycles. The van der Waals surface area contributed by atoms with Crippen LogP contribution < -0.4 is 5.73 Å². The van der Waals surface area contributed by atoms with E-state index in [2.05, 4.69) is 0 Å². The van der Waals surface area contributed by atoms with Crippen molar-refractivity contribution in [3.8, 4) is 0 Å². The van der Waals surface area contributed by atoms with Gasteiger partial charge in [-0.1, -0.05) is 25.1 Å². The molecular weight excluding hydrogens is 588 g/mol. The first-order valence-corrected chi connectivity index (χ1v) is 15.3. The van der Waals surface area contributed by atoms with Crippen LogP contribution in [0, 0.1) is 22.7 Å². The third-order valence-corrected chi connectivity index (χ3v) is 11.6. The van der Waals surface area contributed by atoms with Crippen molar-refractivity contribution < 1.29 is 47.6 Å². The predicted octanol–water partition coefficient (Wildman–Crippen LogP) is 3.59. The fourth-order valence-electron chi connectivity index (χ4n) is 9.43. The average molecular weight is 626 g/mol. The molecule has 0 spiro atoms. The SMILES string of the molecule is C[C@]12C=CC(=O)C=C1[C@@H](F)C[C@H]1[C@@H]3C[C@H]4O[C@@H](c5coc(Cc6ccc(CO)c(N)c6)c5)O[C@@]4(C(=O)CO)[C@@]3(C)C[C@H](O)[C@@]12F. The van der Waals surface area contributed by atoms with Crippen LogP contribution in [0.25, 0.3) is 0 Å². The molecule has 5 N–H and O–H groups in total. The first kappa shape index (κ1) is 30.4. The highest BCUT2D eigenvalue weighted by Crippen LogP contribution is 2.72. The Bertz CT molecular complexity index is 1640. The van der Waals surface area contributed by atoms with Crippen molar-refractivity contribution in [3.05, 3.63) is 76.8 Å². The molecule has 1 aromatic heterocycles. The summed E-state index contributed by atoms with van der Waals surface area (Å²) in [4.78, 5) is 25.8. The number of ketones is 2. The van der Waals surface area contributed by atoms with Crippen LogP contribution in [0.3, 0.4) is 0 Å². The number of hydrogen-bond acceptors (Lipinski definition) is 9. The number of aliphatic hydroxyl groups is 3. The summed E-state index contributed by atoms with van der Waals surface area (Å²) in [5, 5.41) is 31.2. The third-order valence-electron chi connectivity index (χ3n) is 11.6. The second-order valence-electron chi connectivity index (χ2n) is 13.7. The molecule has 5 aliphatic rings. The molecule has 10 atom stereocenters. The van der Waals surface area contributed by atoms with Crippen LogP contribution in [0.1, 0.15) is 61.9 Å². The summed E-state index contributed by atoms with van der Waals surface area (Å²) in [7, 11) is 0. The van der Waals surface area contributed by atoms with E-state index in [0.717, 1.165) is 11.6 Å². The number of benzene rings is 1. The molecule has 7 rings (SSSR count). The van der Waals surface area contributed by atoms with Crippen molar-refractivity contribution in [2.75, 3.05) is 12.3 Å². The van der Waals surface area contributed by atoms with Gasteiger partial charge in [0.25, 0.3) is 0 Å². The number of ether oxygens (including phenoxy) is 2. The lowest BCUT2D eigenvalue weighted by atomic mass is 9.44. The topological polar surface area (TPSA) is 152 Å². The van der Waals surface area contributed by atoms with E-state index in [4.69, 9.17) is 19.6 Å². The van der Waals surface area contributed by atoms with Gasteiger partial charge in [0.05, 0.1) is 25.1 Å². The highest BCUT2D eigenvalue weighted by atomic mass is 19.1. The number of aliphatic hydroxyl groups excluding tert-OH is 3. The van der Waals surface area contributed by atoms with Gasteiger partial charge in [-0.15, -0.1) is 0 Å². The Morgan fingerprint density at radius 1 is 1.16 bits per heavy atom. The number of nitrogens with two attached hydrogens (primary N) is 1. The number of hydrogen-bond donors (Lipinski definition) is 4. The second-order valence-corrected chi connectivity index (χ2v) is 13.7. The Kier molecular flexibility index (Phi) is 6.86. The van der Waals surface area contributed by atoms with Crippen LogP contribution >= 0.6 is 0 Å². The quantitative estimate of drug-likeness (QED) is 0.353. The normalized spacial score (nSPS) is 41.7. The van der Waals surface area contributed by atoms with Crippen molar-refractivity contribution in [2.45, 2.75) is 82.1 Å². The minimum absolute atomic E-state index is 0.0195. The van der Waals surface area contributed by atoms with Gasteiger partial charge in [0, 0.05) is 40.0 Å². The fraction of sp³-hybridized carbons (Fsp3) is 0.529. The van der Waals surface area contributed by atoms with Crippen LogP contribution in [0.15, 0.2) is 58.7 Å². The summed E-state index contributed by atoms with van der Waals surface area (Å²) < 4.78 is 52.0. The van der Waals surface area contributed by atoms with E-state index in [1.165, 1.54) is 25.3 Å². The number of rotatable bonds is 6. The minimum Gasteiger partial charge on any atom is -0.469 e. The summed E-state index contributed by atoms with van der Waals surface area (Å²) in [5.41, 5.74) is 1.65. The average Bonchev–Trinajstić information content (AvgIpc) is 3.68. The van der Waals surface area contributed by atoms with Gasteiger partial charge < -0.3 is 34.9 Å². The predicted molar refractivity (Wildman–Crippen MR) is 156 cm³/mol. The number of allylic oxidation sites excluding steroid dienone is 4. The molecule has 45 heavy (non-hydrogen) atoms. The van der Waals surface area contributed by atoms with Gasteiger partial charge in [-0.25, -0.2) is 8.78 Å². The van der Waals surface area contributed by atoms with Gasteiger partial charge in [-0.3, -0.25) is 9.59 Å². The number of carbonyl (C=O) groups is 2. The van der Waals surface area contributed by atoms with Crippen molar-refractivity contribution in [1.29, 1.82) is 0 Å². The summed E-state index contributed by atoms with van der Waals surface area (Å²) >= 11 is 0. The molecule has 9 nitrogen and oxygen atoms in total. The molecule has 1 saturated heterocycles. The van der Waals surface area contributed by atoms with Gasteiger partial charge >= 0.3 is 0 Å². The summed E-state index contributed by atoms with van der Waals surface area (Å²) in [6, 6.07) is 7.06. The van der Waals surface area contributed by atoms with E-state index < -0.39 is 76.8 Å². The van der Waals surface area contributed by atoms with Crippen molar-refractivity contribution in [2.24, 2.45) is 22.7 Å². The van der Waals surface area contributed by atoms with Gasteiger partial charge in [0.2, 0.25) is 0 Å². The largest absolute Gasteiger partial charge is 0.469 e. The number of furan rings is 1. The van der Waals surface area contributed by atoms with Crippen molar-refractivity contribution >= 4 is 17.3 Å². The number of nitrogen functional groups attached to an aromatic ring is 1. The van der Waals surface area contributed by atoms with Crippen LogP contribution in [0.4, 0.5) is 14.5 Å². The van der Waals surface area contributed by atoms with Gasteiger partial charge in [0.1, 0.15) is 18.5 Å². The minimum atomic E-state index is -2.32. The number of fused-ring (bicyclic) bond motifs is 7. The zero-order valence-corrected chi connectivity index (χ0v) is 25.0. The number of anilines is 1. The van der Waals surface area contributed by atoms with Crippen molar-refractivity contribution in [1.82, 2.24) is 0 Å². The third kappa shape index (κ3) is 3.94. The molecule has 4 aliphatic carbocycles. The number of carbonyl (C=O) groups excluding carboxylic acids is 2. The molecule has 2 aromatic rings. The molecule has 0 radical (unpaired) electrons. The van der Waals surface area contributed by atoms with Gasteiger partial charge in [-0.2, -0.15) is 0 Å².